The third-order valence-electron chi connectivity index (χ3n) is 6.35. The number of para-hydroxylation sites is 3. The van der Waals surface area contributed by atoms with Gasteiger partial charge in [-0.1, -0.05) is 48.4 Å². The number of aromatic nitrogens is 2. The van der Waals surface area contributed by atoms with Crippen LogP contribution in [0.3, 0.4) is 0 Å². The number of nitrogens with one attached hydrogen (secondary N) is 1. The zero-order valence-corrected chi connectivity index (χ0v) is 22.7. The molecule has 8 heteroatoms. The van der Waals surface area contributed by atoms with Crippen molar-refractivity contribution in [3.8, 4) is 17.2 Å². The molecule has 0 fully saturated rings. The minimum atomic E-state index is -0.00229. The Labute approximate surface area is 228 Å². The first-order chi connectivity index (χ1) is 18.6. The third kappa shape index (κ3) is 7.19. The monoisotopic (exact) mass is 535 g/mol. The Morgan fingerprint density at radius 1 is 0.921 bits per heavy atom. The predicted octanol–water partition coefficient (Wildman–Crippen LogP) is 5.86. The number of hydrogen-bond acceptors (Lipinski definition) is 5. The van der Waals surface area contributed by atoms with E-state index in [9.17, 15) is 4.79 Å². The van der Waals surface area contributed by atoms with Crippen LogP contribution in [0.15, 0.2) is 66.7 Å². The minimum absolute atomic E-state index is 0.00229. The lowest BCUT2D eigenvalue weighted by molar-refractivity contribution is -0.120. The zero-order valence-electron chi connectivity index (χ0n) is 21.9. The Bertz CT molecular complexity index is 1350. The van der Waals surface area contributed by atoms with Gasteiger partial charge in [-0.15, -0.1) is 0 Å². The Hall–Kier alpha value is -3.71. The number of aryl methyl sites for hydroxylation is 1. The minimum Gasteiger partial charge on any atom is -0.493 e. The van der Waals surface area contributed by atoms with Gasteiger partial charge in [-0.05, 0) is 54.8 Å². The molecule has 1 heterocycles. The van der Waals surface area contributed by atoms with Crippen molar-refractivity contribution in [1.82, 2.24) is 14.9 Å². The van der Waals surface area contributed by atoms with Crippen molar-refractivity contribution >= 4 is 28.5 Å². The molecule has 0 saturated carbocycles. The lowest BCUT2D eigenvalue weighted by Crippen LogP contribution is -2.26. The first kappa shape index (κ1) is 27.3. The van der Waals surface area contributed by atoms with Crippen molar-refractivity contribution in [1.29, 1.82) is 0 Å². The van der Waals surface area contributed by atoms with E-state index in [2.05, 4.69) is 16.0 Å². The molecule has 0 bridgehead atoms. The molecule has 1 amide bonds. The van der Waals surface area contributed by atoms with E-state index in [1.54, 1.807) is 14.2 Å². The molecule has 0 aliphatic rings. The first-order valence-corrected chi connectivity index (χ1v) is 13.3. The average molecular weight is 536 g/mol. The second kappa shape index (κ2) is 13.7. The van der Waals surface area contributed by atoms with E-state index in [0.29, 0.717) is 48.4 Å². The maximum Gasteiger partial charge on any atom is 0.224 e. The summed E-state index contributed by atoms with van der Waals surface area (Å²) in [6.07, 6.45) is 4.06. The number of methoxy groups -OCH3 is 2. The standard InChI is InChI=1S/C30H34ClN3O4/c1-36-27-16-15-22(20-28(27)37-2)21-30(35)32-17-9-3-4-14-29-33-24-11-6-7-12-25(24)34(29)18-19-38-26-13-8-5-10-23(26)31/h5-8,10-13,15-16,20H,3-4,9,14,17-19,21H2,1-2H3,(H,32,35). The third-order valence-corrected chi connectivity index (χ3v) is 6.67. The van der Waals surface area contributed by atoms with Crippen molar-refractivity contribution in [2.45, 2.75) is 38.6 Å². The summed E-state index contributed by atoms with van der Waals surface area (Å²) in [7, 11) is 3.18. The molecule has 0 spiro atoms. The number of unbranched alkanes of at least 4 members (excludes halogenated alkanes) is 2. The Morgan fingerprint density at radius 3 is 2.53 bits per heavy atom. The highest BCUT2D eigenvalue weighted by Crippen LogP contribution is 2.28. The van der Waals surface area contributed by atoms with Crippen molar-refractivity contribution in [3.63, 3.8) is 0 Å². The summed E-state index contributed by atoms with van der Waals surface area (Å²) in [5.41, 5.74) is 2.98. The van der Waals surface area contributed by atoms with Crippen LogP contribution in [-0.2, 0) is 24.2 Å². The van der Waals surface area contributed by atoms with Crippen molar-refractivity contribution in [3.05, 3.63) is 83.1 Å². The number of carbonyl (C=O) groups is 1. The van der Waals surface area contributed by atoms with E-state index >= 15 is 0 Å². The van der Waals surface area contributed by atoms with Gasteiger partial charge in [0, 0.05) is 13.0 Å². The van der Waals surface area contributed by atoms with Gasteiger partial charge in [0.15, 0.2) is 11.5 Å². The number of benzene rings is 3. The van der Waals surface area contributed by atoms with Crippen LogP contribution in [0, 0.1) is 0 Å². The summed E-state index contributed by atoms with van der Waals surface area (Å²) in [6, 6.07) is 21.2. The van der Waals surface area contributed by atoms with Gasteiger partial charge in [-0.25, -0.2) is 4.98 Å². The molecule has 0 aliphatic heterocycles. The fourth-order valence-electron chi connectivity index (χ4n) is 4.43. The quantitative estimate of drug-likeness (QED) is 0.205. The summed E-state index contributed by atoms with van der Waals surface area (Å²) in [5.74, 6) is 3.01. The summed E-state index contributed by atoms with van der Waals surface area (Å²) < 4.78 is 18.7. The largest absolute Gasteiger partial charge is 0.493 e. The molecule has 7 nitrogen and oxygen atoms in total. The summed E-state index contributed by atoms with van der Waals surface area (Å²) in [6.45, 7) is 1.84. The van der Waals surface area contributed by atoms with Crippen LogP contribution in [0.2, 0.25) is 5.02 Å². The molecule has 38 heavy (non-hydrogen) atoms. The summed E-state index contributed by atoms with van der Waals surface area (Å²) in [5, 5.41) is 3.63. The van der Waals surface area contributed by atoms with E-state index in [0.717, 1.165) is 48.1 Å². The van der Waals surface area contributed by atoms with E-state index in [-0.39, 0.29) is 5.91 Å². The number of amides is 1. The van der Waals surface area contributed by atoms with Crippen LogP contribution in [0.25, 0.3) is 11.0 Å². The lowest BCUT2D eigenvalue weighted by atomic mass is 10.1. The van der Waals surface area contributed by atoms with Crippen LogP contribution < -0.4 is 19.5 Å². The molecule has 0 saturated heterocycles. The molecular formula is C30H34ClN3O4. The number of ether oxygens (including phenoxy) is 3. The van der Waals surface area contributed by atoms with Gasteiger partial charge in [0.2, 0.25) is 5.91 Å². The predicted molar refractivity (Wildman–Crippen MR) is 150 cm³/mol. The van der Waals surface area contributed by atoms with Gasteiger partial charge in [0.1, 0.15) is 18.2 Å². The van der Waals surface area contributed by atoms with Gasteiger partial charge in [0.05, 0.1) is 43.2 Å². The number of imidazole rings is 1. The molecular weight excluding hydrogens is 502 g/mol. The smallest absolute Gasteiger partial charge is 0.224 e. The number of fused-ring (bicyclic) bond motifs is 1. The van der Waals surface area contributed by atoms with Crippen LogP contribution in [0.1, 0.15) is 30.7 Å². The highest BCUT2D eigenvalue weighted by atomic mass is 35.5. The van der Waals surface area contributed by atoms with Gasteiger partial charge in [-0.3, -0.25) is 4.79 Å². The SMILES string of the molecule is COc1ccc(CC(=O)NCCCCCc2nc3ccccc3n2CCOc2ccccc2Cl)cc1OC. The topological polar surface area (TPSA) is 74.6 Å². The van der Waals surface area contributed by atoms with Crippen molar-refractivity contribution in [2.24, 2.45) is 0 Å². The molecule has 0 unspecified atom stereocenters. The first-order valence-electron chi connectivity index (χ1n) is 12.9. The average Bonchev–Trinajstić information content (AvgIpc) is 3.28. The van der Waals surface area contributed by atoms with Crippen LogP contribution in [0.5, 0.6) is 17.2 Å². The Kier molecular flexibility index (Phi) is 9.87. The molecule has 1 aromatic heterocycles. The Balaban J connectivity index is 1.23. The van der Waals surface area contributed by atoms with Crippen LogP contribution in [0.4, 0.5) is 0 Å². The number of rotatable bonds is 14. The van der Waals surface area contributed by atoms with E-state index < -0.39 is 0 Å². The van der Waals surface area contributed by atoms with Gasteiger partial charge in [-0.2, -0.15) is 0 Å². The molecule has 1 N–H and O–H groups in total. The molecule has 4 rings (SSSR count). The van der Waals surface area contributed by atoms with Crippen molar-refractivity contribution < 1.29 is 19.0 Å². The molecule has 3 aromatic carbocycles. The fraction of sp³-hybridized carbons (Fsp3) is 0.333. The number of hydrogen-bond donors (Lipinski definition) is 1. The van der Waals surface area contributed by atoms with Gasteiger partial charge >= 0.3 is 0 Å². The Morgan fingerprint density at radius 2 is 1.71 bits per heavy atom. The number of halogens is 1. The molecule has 200 valence electrons. The van der Waals surface area contributed by atoms with Crippen LogP contribution >= 0.6 is 11.6 Å². The van der Waals surface area contributed by atoms with Crippen LogP contribution in [-0.4, -0.2) is 42.8 Å². The highest BCUT2D eigenvalue weighted by Gasteiger charge is 2.11. The molecule has 0 aliphatic carbocycles. The lowest BCUT2D eigenvalue weighted by Gasteiger charge is -2.12. The second-order valence-corrected chi connectivity index (χ2v) is 9.38. The van der Waals surface area contributed by atoms with E-state index in [4.69, 9.17) is 30.8 Å². The van der Waals surface area contributed by atoms with E-state index in [1.165, 1.54) is 0 Å². The number of carbonyl (C=O) groups excluding carboxylic acids is 1. The molecule has 4 aromatic rings. The fourth-order valence-corrected chi connectivity index (χ4v) is 4.62. The molecule has 0 atom stereocenters. The van der Waals surface area contributed by atoms with Gasteiger partial charge < -0.3 is 24.1 Å². The molecule has 0 radical (unpaired) electrons. The maximum absolute atomic E-state index is 12.4. The second-order valence-electron chi connectivity index (χ2n) is 8.97. The summed E-state index contributed by atoms with van der Waals surface area (Å²) >= 11 is 6.22. The van der Waals surface area contributed by atoms with E-state index in [1.807, 2.05) is 60.7 Å². The highest BCUT2D eigenvalue weighted by molar-refractivity contribution is 6.32. The van der Waals surface area contributed by atoms with Gasteiger partial charge in [0.25, 0.3) is 0 Å². The number of nitrogens with zero attached hydrogens (tertiary/aromatic N) is 2. The summed E-state index contributed by atoms with van der Waals surface area (Å²) in [4.78, 5) is 17.2. The van der Waals surface area contributed by atoms with Crippen molar-refractivity contribution in [2.75, 3.05) is 27.4 Å². The maximum atomic E-state index is 12.4. The normalized spacial score (nSPS) is 10.9. The zero-order chi connectivity index (χ0) is 26.7.